The summed E-state index contributed by atoms with van der Waals surface area (Å²) in [6, 6.07) is 14.8. The number of nitro benzene ring substituents is 1. The molecule has 10 heteroatoms. The van der Waals surface area contributed by atoms with E-state index in [0.717, 1.165) is 0 Å². The van der Waals surface area contributed by atoms with Gasteiger partial charge < -0.3 is 15.0 Å². The lowest BCUT2D eigenvalue weighted by Crippen LogP contribution is -2.45. The van der Waals surface area contributed by atoms with Crippen LogP contribution in [0.2, 0.25) is 0 Å². The zero-order chi connectivity index (χ0) is 22.8. The molecule has 0 saturated carbocycles. The number of carbonyl (C=O) groups is 2. The highest BCUT2D eigenvalue weighted by atomic mass is 16.6. The molecule has 1 N–H and O–H groups in total. The summed E-state index contributed by atoms with van der Waals surface area (Å²) in [5.41, 5.74) is 1.85. The van der Waals surface area contributed by atoms with Crippen molar-refractivity contribution in [3.8, 4) is 11.4 Å². The van der Waals surface area contributed by atoms with Crippen LogP contribution in [0, 0.1) is 17.0 Å². The van der Waals surface area contributed by atoms with Gasteiger partial charge in [-0.1, -0.05) is 12.1 Å². The van der Waals surface area contributed by atoms with E-state index < -0.39 is 11.0 Å². The van der Waals surface area contributed by atoms with Crippen molar-refractivity contribution >= 4 is 29.0 Å². The van der Waals surface area contributed by atoms with E-state index in [9.17, 15) is 19.7 Å². The average molecular weight is 435 g/mol. The molecule has 32 heavy (non-hydrogen) atoms. The van der Waals surface area contributed by atoms with Crippen LogP contribution in [0.3, 0.4) is 0 Å². The van der Waals surface area contributed by atoms with Gasteiger partial charge in [0.2, 0.25) is 5.91 Å². The third-order valence-electron chi connectivity index (χ3n) is 5.04. The molecule has 164 valence electrons. The summed E-state index contributed by atoms with van der Waals surface area (Å²) in [5, 5.41) is 18.1. The first-order chi connectivity index (χ1) is 15.3. The lowest BCUT2D eigenvalue weighted by Gasteiger charge is -2.32. The van der Waals surface area contributed by atoms with Crippen LogP contribution in [-0.4, -0.2) is 39.2 Å². The van der Waals surface area contributed by atoms with Gasteiger partial charge in [0.1, 0.15) is 11.6 Å². The number of rotatable bonds is 6. The van der Waals surface area contributed by atoms with Gasteiger partial charge in [0.05, 0.1) is 22.0 Å². The van der Waals surface area contributed by atoms with Gasteiger partial charge in [-0.15, -0.1) is 0 Å². The summed E-state index contributed by atoms with van der Waals surface area (Å²) in [5.74, 6) is 0.538. The lowest BCUT2D eigenvalue weighted by molar-refractivity contribution is -0.384. The number of nitrogens with zero attached hydrogens (tertiary/aromatic N) is 4. The van der Waals surface area contributed by atoms with Crippen molar-refractivity contribution in [2.75, 3.05) is 16.8 Å². The van der Waals surface area contributed by atoms with Crippen molar-refractivity contribution in [1.29, 1.82) is 0 Å². The molecular weight excluding hydrogens is 414 g/mol. The maximum Gasteiger partial charge on any atom is 0.269 e. The van der Waals surface area contributed by atoms with Crippen molar-refractivity contribution < 1.29 is 19.2 Å². The van der Waals surface area contributed by atoms with Gasteiger partial charge in [0.15, 0.2) is 6.10 Å². The van der Waals surface area contributed by atoms with Crippen molar-refractivity contribution in [3.05, 3.63) is 70.4 Å². The average Bonchev–Trinajstić information content (AvgIpc) is 3.14. The van der Waals surface area contributed by atoms with E-state index in [1.54, 1.807) is 49.1 Å². The van der Waals surface area contributed by atoms with Crippen LogP contribution in [0.15, 0.2) is 54.6 Å². The standard InChI is InChI=1S/C22H21N5O5/c1-14-13-20(26(24-14)16-7-9-17(10-8-16)27(30)31)23-21(28)11-12-25-18-5-3-4-6-19(18)32-15(2)22(25)29/h3-10,13,15H,11-12H2,1-2H3,(H,23,28). The molecule has 3 aromatic rings. The van der Waals surface area contributed by atoms with Gasteiger partial charge in [-0.3, -0.25) is 19.7 Å². The largest absolute Gasteiger partial charge is 0.479 e. The fraction of sp³-hybridized carbons (Fsp3) is 0.227. The van der Waals surface area contributed by atoms with Crippen LogP contribution in [-0.2, 0) is 9.59 Å². The van der Waals surface area contributed by atoms with Crippen LogP contribution in [0.4, 0.5) is 17.2 Å². The molecule has 0 fully saturated rings. The summed E-state index contributed by atoms with van der Waals surface area (Å²) in [7, 11) is 0. The van der Waals surface area contributed by atoms with Gasteiger partial charge in [-0.2, -0.15) is 5.10 Å². The predicted molar refractivity (Wildman–Crippen MR) is 117 cm³/mol. The molecule has 0 saturated heterocycles. The highest BCUT2D eigenvalue weighted by Crippen LogP contribution is 2.33. The van der Waals surface area contributed by atoms with Crippen LogP contribution in [0.5, 0.6) is 5.75 Å². The van der Waals surface area contributed by atoms with Gasteiger partial charge in [0, 0.05) is 31.2 Å². The van der Waals surface area contributed by atoms with E-state index in [0.29, 0.717) is 28.6 Å². The van der Waals surface area contributed by atoms with E-state index in [-0.39, 0.29) is 30.5 Å². The number of nitro groups is 1. The zero-order valence-corrected chi connectivity index (χ0v) is 17.5. The molecule has 2 aromatic carbocycles. The molecule has 1 unspecified atom stereocenters. The Morgan fingerprint density at radius 3 is 2.66 bits per heavy atom. The number of para-hydroxylation sites is 2. The van der Waals surface area contributed by atoms with Crippen LogP contribution in [0.1, 0.15) is 19.0 Å². The van der Waals surface area contributed by atoms with E-state index in [2.05, 4.69) is 10.4 Å². The number of hydrogen-bond acceptors (Lipinski definition) is 6. The fourth-order valence-corrected chi connectivity index (χ4v) is 3.51. The maximum absolute atomic E-state index is 12.7. The van der Waals surface area contributed by atoms with Gasteiger partial charge in [0.25, 0.3) is 11.6 Å². The Balaban J connectivity index is 1.47. The van der Waals surface area contributed by atoms with Crippen molar-refractivity contribution in [1.82, 2.24) is 9.78 Å². The highest BCUT2D eigenvalue weighted by molar-refractivity contribution is 6.00. The van der Waals surface area contributed by atoms with E-state index in [1.165, 1.54) is 16.8 Å². The molecule has 4 rings (SSSR count). The molecule has 10 nitrogen and oxygen atoms in total. The number of nitrogens with one attached hydrogen (secondary N) is 1. The van der Waals surface area contributed by atoms with Crippen LogP contribution >= 0.6 is 0 Å². The minimum Gasteiger partial charge on any atom is -0.479 e. The van der Waals surface area contributed by atoms with Gasteiger partial charge in [-0.05, 0) is 38.1 Å². The van der Waals surface area contributed by atoms with E-state index in [1.807, 2.05) is 12.1 Å². The molecule has 0 bridgehead atoms. The van der Waals surface area contributed by atoms with Crippen molar-refractivity contribution in [3.63, 3.8) is 0 Å². The third kappa shape index (κ3) is 4.15. The smallest absolute Gasteiger partial charge is 0.269 e. The molecule has 0 aliphatic carbocycles. The quantitative estimate of drug-likeness (QED) is 0.469. The zero-order valence-electron chi connectivity index (χ0n) is 17.5. The summed E-state index contributed by atoms with van der Waals surface area (Å²) in [6.07, 6.45) is -0.559. The van der Waals surface area contributed by atoms with E-state index in [4.69, 9.17) is 4.74 Å². The lowest BCUT2D eigenvalue weighted by atomic mass is 10.1. The van der Waals surface area contributed by atoms with Gasteiger partial charge >= 0.3 is 0 Å². The first-order valence-electron chi connectivity index (χ1n) is 10.0. The molecule has 0 radical (unpaired) electrons. The summed E-state index contributed by atoms with van der Waals surface area (Å²) in [6.45, 7) is 3.65. The molecule has 2 heterocycles. The topological polar surface area (TPSA) is 120 Å². The summed E-state index contributed by atoms with van der Waals surface area (Å²) >= 11 is 0. The number of ether oxygens (including phenoxy) is 1. The number of non-ortho nitro benzene ring substituents is 1. The molecule has 2 amide bonds. The first kappa shape index (κ1) is 21.0. The minimum atomic E-state index is -0.626. The highest BCUT2D eigenvalue weighted by Gasteiger charge is 2.31. The second kappa shape index (κ2) is 8.50. The maximum atomic E-state index is 12.7. The fourth-order valence-electron chi connectivity index (χ4n) is 3.51. The number of hydrogen-bond donors (Lipinski definition) is 1. The second-order valence-electron chi connectivity index (χ2n) is 7.37. The monoisotopic (exact) mass is 435 g/mol. The molecule has 1 aromatic heterocycles. The Morgan fingerprint density at radius 1 is 1.22 bits per heavy atom. The number of aryl methyl sites for hydroxylation is 1. The van der Waals surface area contributed by atoms with Gasteiger partial charge in [-0.25, -0.2) is 4.68 Å². The summed E-state index contributed by atoms with van der Waals surface area (Å²) in [4.78, 5) is 37.2. The molecule has 1 aliphatic rings. The Hall–Kier alpha value is -4.21. The van der Waals surface area contributed by atoms with Crippen LogP contribution < -0.4 is 15.0 Å². The van der Waals surface area contributed by atoms with Crippen LogP contribution in [0.25, 0.3) is 5.69 Å². The minimum absolute atomic E-state index is 0.0344. The molecule has 1 atom stereocenters. The Labute approximate surface area is 183 Å². The van der Waals surface area contributed by atoms with Crippen molar-refractivity contribution in [2.24, 2.45) is 0 Å². The third-order valence-corrected chi connectivity index (χ3v) is 5.04. The number of benzene rings is 2. The van der Waals surface area contributed by atoms with E-state index >= 15 is 0 Å². The summed E-state index contributed by atoms with van der Waals surface area (Å²) < 4.78 is 7.13. The number of carbonyl (C=O) groups excluding carboxylic acids is 2. The molecule has 0 spiro atoms. The Morgan fingerprint density at radius 2 is 1.94 bits per heavy atom. The molecule has 1 aliphatic heterocycles. The molecular formula is C22H21N5O5. The first-order valence-corrected chi connectivity index (χ1v) is 10.0. The Bertz CT molecular complexity index is 1190. The second-order valence-corrected chi connectivity index (χ2v) is 7.37. The predicted octanol–water partition coefficient (Wildman–Crippen LogP) is 3.23. The Kier molecular flexibility index (Phi) is 5.59. The van der Waals surface area contributed by atoms with Crippen molar-refractivity contribution in [2.45, 2.75) is 26.4 Å². The number of anilines is 2. The SMILES string of the molecule is Cc1cc(NC(=O)CCN2C(=O)C(C)Oc3ccccc32)n(-c2ccc([N+](=O)[O-])cc2)n1. The normalized spacial score (nSPS) is 15.1. The number of fused-ring (bicyclic) bond motifs is 1. The number of aromatic nitrogens is 2. The number of amides is 2.